The van der Waals surface area contributed by atoms with Crippen molar-refractivity contribution in [2.75, 3.05) is 19.7 Å². The second-order valence-electron chi connectivity index (χ2n) is 5.95. The Morgan fingerprint density at radius 1 is 1.26 bits per heavy atom. The van der Waals surface area contributed by atoms with Gasteiger partial charge in [0.05, 0.1) is 12.4 Å². The molecule has 0 spiro atoms. The van der Waals surface area contributed by atoms with E-state index in [9.17, 15) is 4.79 Å². The van der Waals surface area contributed by atoms with Crippen LogP contribution in [0.25, 0.3) is 0 Å². The van der Waals surface area contributed by atoms with Gasteiger partial charge in [0.25, 0.3) is 5.91 Å². The molecule has 2 aliphatic rings. The van der Waals surface area contributed by atoms with E-state index < -0.39 is 6.10 Å². The number of para-hydroxylation sites is 2. The predicted molar refractivity (Wildman–Crippen MR) is 83.4 cm³/mol. The average Bonchev–Trinajstić information content (AvgIpc) is 3.15. The van der Waals surface area contributed by atoms with Gasteiger partial charge in [0.1, 0.15) is 6.61 Å². The van der Waals surface area contributed by atoms with Crippen molar-refractivity contribution < 1.29 is 14.3 Å². The van der Waals surface area contributed by atoms with E-state index in [-0.39, 0.29) is 18.6 Å². The van der Waals surface area contributed by atoms with Gasteiger partial charge in [-0.1, -0.05) is 12.1 Å². The lowest BCUT2D eigenvalue weighted by molar-refractivity contribution is -0.142. The molecule has 1 saturated heterocycles. The minimum Gasteiger partial charge on any atom is -0.485 e. The van der Waals surface area contributed by atoms with E-state index in [2.05, 4.69) is 9.55 Å². The van der Waals surface area contributed by atoms with Crippen LogP contribution in [0.1, 0.15) is 18.9 Å². The molecule has 0 radical (unpaired) electrons. The minimum absolute atomic E-state index is 0.00400. The number of likely N-dealkylation sites (tertiary alicyclic amines) is 1. The minimum atomic E-state index is -0.563. The smallest absolute Gasteiger partial charge is 0.267 e. The molecule has 1 fully saturated rings. The van der Waals surface area contributed by atoms with Gasteiger partial charge in [0.15, 0.2) is 11.5 Å². The standard InChI is InChI=1S/C17H19N3O3/c21-17(16-11-22-14-5-1-2-6-15(14)23-16)19-8-3-4-13(10-19)20-9-7-18-12-20/h1-2,5-7,9,12-13,16H,3-4,8,10-11H2/t13-,16-/m0/s1. The average molecular weight is 313 g/mol. The highest BCUT2D eigenvalue weighted by Gasteiger charge is 2.33. The van der Waals surface area contributed by atoms with Crippen LogP contribution in [0.3, 0.4) is 0 Å². The quantitative estimate of drug-likeness (QED) is 0.849. The maximum Gasteiger partial charge on any atom is 0.267 e. The fraction of sp³-hybridized carbons (Fsp3) is 0.412. The number of ether oxygens (including phenoxy) is 2. The summed E-state index contributed by atoms with van der Waals surface area (Å²) in [5, 5.41) is 0. The van der Waals surface area contributed by atoms with Gasteiger partial charge in [-0.25, -0.2) is 4.98 Å². The van der Waals surface area contributed by atoms with Crippen LogP contribution in [0.15, 0.2) is 43.0 Å². The normalized spacial score (nSPS) is 23.6. The number of carbonyl (C=O) groups is 1. The molecular formula is C17H19N3O3. The first kappa shape index (κ1) is 14.1. The van der Waals surface area contributed by atoms with Gasteiger partial charge in [-0.2, -0.15) is 0 Å². The zero-order valence-electron chi connectivity index (χ0n) is 12.8. The van der Waals surface area contributed by atoms with Gasteiger partial charge in [-0.3, -0.25) is 4.79 Å². The number of carbonyl (C=O) groups excluding carboxylic acids is 1. The number of amides is 1. The summed E-state index contributed by atoms with van der Waals surface area (Å²) in [5.41, 5.74) is 0. The van der Waals surface area contributed by atoms with Crippen molar-refractivity contribution in [2.24, 2.45) is 0 Å². The molecule has 3 heterocycles. The van der Waals surface area contributed by atoms with Gasteiger partial charge >= 0.3 is 0 Å². The van der Waals surface area contributed by atoms with E-state index in [4.69, 9.17) is 9.47 Å². The number of hydrogen-bond donors (Lipinski definition) is 0. The van der Waals surface area contributed by atoms with Gasteiger partial charge in [-0.05, 0) is 25.0 Å². The lowest BCUT2D eigenvalue weighted by Gasteiger charge is -2.36. The lowest BCUT2D eigenvalue weighted by atomic mass is 10.0. The molecule has 120 valence electrons. The number of benzene rings is 1. The summed E-state index contributed by atoms with van der Waals surface area (Å²) in [4.78, 5) is 18.8. The van der Waals surface area contributed by atoms with Crippen molar-refractivity contribution in [3.63, 3.8) is 0 Å². The maximum absolute atomic E-state index is 12.8. The van der Waals surface area contributed by atoms with Crippen molar-refractivity contribution in [1.82, 2.24) is 14.5 Å². The van der Waals surface area contributed by atoms with Crippen molar-refractivity contribution in [3.8, 4) is 11.5 Å². The van der Waals surface area contributed by atoms with E-state index in [1.807, 2.05) is 41.7 Å². The summed E-state index contributed by atoms with van der Waals surface area (Å²) in [6.07, 6.45) is 7.02. The summed E-state index contributed by atoms with van der Waals surface area (Å²) in [6.45, 7) is 1.73. The number of imidazole rings is 1. The highest BCUT2D eigenvalue weighted by molar-refractivity contribution is 5.82. The van der Waals surface area contributed by atoms with Crippen LogP contribution >= 0.6 is 0 Å². The zero-order chi connectivity index (χ0) is 15.6. The Kier molecular flexibility index (Phi) is 3.65. The molecule has 0 saturated carbocycles. The van der Waals surface area contributed by atoms with E-state index in [1.54, 1.807) is 6.20 Å². The number of fused-ring (bicyclic) bond motifs is 1. The molecule has 0 aliphatic carbocycles. The second kappa shape index (κ2) is 5.95. The molecule has 2 atom stereocenters. The summed E-state index contributed by atoms with van der Waals surface area (Å²) < 4.78 is 13.6. The van der Waals surface area contributed by atoms with Crippen molar-refractivity contribution in [3.05, 3.63) is 43.0 Å². The Morgan fingerprint density at radius 3 is 2.96 bits per heavy atom. The van der Waals surface area contributed by atoms with E-state index in [0.29, 0.717) is 18.0 Å². The number of aromatic nitrogens is 2. The van der Waals surface area contributed by atoms with Gasteiger partial charge in [0, 0.05) is 25.5 Å². The van der Waals surface area contributed by atoms with E-state index in [0.717, 1.165) is 19.4 Å². The number of rotatable bonds is 2. The topological polar surface area (TPSA) is 56.6 Å². The predicted octanol–water partition coefficient (Wildman–Crippen LogP) is 1.89. The van der Waals surface area contributed by atoms with Crippen molar-refractivity contribution >= 4 is 5.91 Å². The summed E-state index contributed by atoms with van der Waals surface area (Å²) in [7, 11) is 0. The van der Waals surface area contributed by atoms with E-state index in [1.165, 1.54) is 0 Å². The molecule has 1 aromatic carbocycles. The first-order chi connectivity index (χ1) is 11.3. The first-order valence-electron chi connectivity index (χ1n) is 7.96. The Bertz CT molecular complexity index is 686. The van der Waals surface area contributed by atoms with Crippen molar-refractivity contribution in [1.29, 1.82) is 0 Å². The monoisotopic (exact) mass is 313 g/mol. The SMILES string of the molecule is O=C([C@@H]1COc2ccccc2O1)N1CCC[C@H](n2ccnc2)C1. The highest BCUT2D eigenvalue weighted by atomic mass is 16.6. The maximum atomic E-state index is 12.8. The number of hydrogen-bond acceptors (Lipinski definition) is 4. The molecule has 6 nitrogen and oxygen atoms in total. The molecule has 1 amide bonds. The van der Waals surface area contributed by atoms with Crippen LogP contribution in [0.2, 0.25) is 0 Å². The van der Waals surface area contributed by atoms with Crippen LogP contribution in [0.5, 0.6) is 11.5 Å². The third-order valence-electron chi connectivity index (χ3n) is 4.44. The number of nitrogens with zero attached hydrogens (tertiary/aromatic N) is 3. The molecule has 0 N–H and O–H groups in total. The van der Waals surface area contributed by atoms with Gasteiger partial charge in [0.2, 0.25) is 6.10 Å². The summed E-state index contributed by atoms with van der Waals surface area (Å²) >= 11 is 0. The third kappa shape index (κ3) is 2.76. The van der Waals surface area contributed by atoms with Crippen LogP contribution < -0.4 is 9.47 Å². The first-order valence-corrected chi connectivity index (χ1v) is 7.96. The van der Waals surface area contributed by atoms with Crippen LogP contribution in [0, 0.1) is 0 Å². The molecule has 2 aliphatic heterocycles. The molecule has 0 unspecified atom stereocenters. The molecule has 2 aromatic rings. The van der Waals surface area contributed by atoms with Gasteiger partial charge in [-0.15, -0.1) is 0 Å². The third-order valence-corrected chi connectivity index (χ3v) is 4.44. The highest BCUT2D eigenvalue weighted by Crippen LogP contribution is 2.32. The van der Waals surface area contributed by atoms with Crippen LogP contribution in [-0.2, 0) is 4.79 Å². The Hall–Kier alpha value is -2.50. The molecule has 0 bridgehead atoms. The van der Waals surface area contributed by atoms with Crippen LogP contribution in [-0.4, -0.2) is 46.2 Å². The summed E-state index contributed by atoms with van der Waals surface area (Å²) in [6, 6.07) is 7.74. The molecule has 23 heavy (non-hydrogen) atoms. The Morgan fingerprint density at radius 2 is 2.13 bits per heavy atom. The number of piperidine rings is 1. The fourth-order valence-corrected chi connectivity index (χ4v) is 3.23. The van der Waals surface area contributed by atoms with Crippen molar-refractivity contribution in [2.45, 2.75) is 25.0 Å². The van der Waals surface area contributed by atoms with E-state index >= 15 is 0 Å². The molecular weight excluding hydrogens is 294 g/mol. The molecule has 6 heteroatoms. The lowest BCUT2D eigenvalue weighted by Crippen LogP contribution is -2.49. The molecule has 1 aromatic heterocycles. The summed E-state index contributed by atoms with van der Waals surface area (Å²) in [5.74, 6) is 1.34. The Labute approximate surface area is 134 Å². The largest absolute Gasteiger partial charge is 0.485 e. The molecule has 4 rings (SSSR count). The second-order valence-corrected chi connectivity index (χ2v) is 5.95. The van der Waals surface area contributed by atoms with Crippen LogP contribution in [0.4, 0.5) is 0 Å². The zero-order valence-corrected chi connectivity index (χ0v) is 12.8. The fourth-order valence-electron chi connectivity index (χ4n) is 3.23. The van der Waals surface area contributed by atoms with Gasteiger partial charge < -0.3 is 18.9 Å². The Balaban J connectivity index is 1.45.